The summed E-state index contributed by atoms with van der Waals surface area (Å²) in [6.07, 6.45) is 2.19. The Morgan fingerprint density at radius 2 is 1.64 bits per heavy atom. The van der Waals surface area contributed by atoms with E-state index >= 15 is 0 Å². The molecule has 1 fully saturated rings. The predicted octanol–water partition coefficient (Wildman–Crippen LogP) is 4.38. The number of ether oxygens (including phenoxy) is 1. The van der Waals surface area contributed by atoms with Crippen LogP contribution in [0.5, 0.6) is 5.75 Å². The Morgan fingerprint density at radius 3 is 2.32 bits per heavy atom. The number of hydrogen-bond donors (Lipinski definition) is 3. The average molecular weight is 665 g/mol. The van der Waals surface area contributed by atoms with Gasteiger partial charge >= 0.3 is 0 Å². The molecular formula is C36H48N4O6S. The molecule has 0 radical (unpaired) electrons. The summed E-state index contributed by atoms with van der Waals surface area (Å²) >= 11 is 0. The van der Waals surface area contributed by atoms with E-state index in [9.17, 15) is 23.1 Å². The predicted molar refractivity (Wildman–Crippen MR) is 185 cm³/mol. The zero-order valence-corrected chi connectivity index (χ0v) is 28.5. The van der Waals surface area contributed by atoms with Gasteiger partial charge in [-0.3, -0.25) is 13.9 Å². The molecule has 0 spiro atoms. The highest BCUT2D eigenvalue weighted by Crippen LogP contribution is 2.27. The minimum Gasteiger partial charge on any atom is -0.497 e. The lowest BCUT2D eigenvalue weighted by Crippen LogP contribution is -2.48. The third-order valence-corrected chi connectivity index (χ3v) is 10.1. The molecule has 0 aliphatic carbocycles. The Kier molecular flexibility index (Phi) is 13.2. The van der Waals surface area contributed by atoms with E-state index in [-0.39, 0.29) is 35.9 Å². The van der Waals surface area contributed by atoms with Gasteiger partial charge in [-0.2, -0.15) is 0 Å². The first kappa shape index (κ1) is 35.9. The van der Waals surface area contributed by atoms with Crippen LogP contribution in [0.25, 0.3) is 0 Å². The van der Waals surface area contributed by atoms with Crippen LogP contribution in [0.3, 0.4) is 0 Å². The molecule has 1 heterocycles. The first-order valence-corrected chi connectivity index (χ1v) is 18.1. The van der Waals surface area contributed by atoms with Gasteiger partial charge in [0.25, 0.3) is 11.8 Å². The molecule has 254 valence electrons. The Balaban J connectivity index is 1.62. The van der Waals surface area contributed by atoms with E-state index in [1.165, 1.54) is 16.4 Å². The first-order chi connectivity index (χ1) is 22.6. The van der Waals surface area contributed by atoms with Crippen LogP contribution < -0.4 is 19.7 Å². The SMILES string of the molecule is CCCN(CCC)C(=O)c1cc(C(=O)N[C@@H](Cc2ccccc2)[C@H](O)CNCc2cccc(OC)c2)cc(N2CCCCS2(=O)=O)c1. The summed E-state index contributed by atoms with van der Waals surface area (Å²) in [5, 5.41) is 17.6. The van der Waals surface area contributed by atoms with Crippen molar-refractivity contribution in [1.29, 1.82) is 0 Å². The lowest BCUT2D eigenvalue weighted by molar-refractivity contribution is 0.0755. The number of methoxy groups -OCH3 is 1. The average Bonchev–Trinajstić information content (AvgIpc) is 3.07. The molecule has 1 aliphatic rings. The largest absolute Gasteiger partial charge is 0.497 e. The Morgan fingerprint density at radius 1 is 0.936 bits per heavy atom. The standard InChI is InChI=1S/C36H48N4O6S/c1-4-16-39(17-5-2)36(43)30-22-29(23-31(24-30)40-18-9-10-19-47(40,44)45)35(42)38-33(21-27-12-7-6-8-13-27)34(41)26-37-25-28-14-11-15-32(20-28)46-3/h6-8,11-15,20,22-24,33-34,37,41H,4-5,9-10,16-19,21,25-26H2,1-3H3,(H,38,42)/t33-,34+/m0/s1. The second kappa shape index (κ2) is 17.3. The summed E-state index contributed by atoms with van der Waals surface area (Å²) < 4.78 is 32.8. The van der Waals surface area contributed by atoms with Gasteiger partial charge in [-0.15, -0.1) is 0 Å². The van der Waals surface area contributed by atoms with Gasteiger partial charge in [0.2, 0.25) is 10.0 Å². The number of sulfonamides is 1. The molecule has 4 rings (SSSR count). The second-order valence-electron chi connectivity index (χ2n) is 12.0. The van der Waals surface area contributed by atoms with Crippen molar-refractivity contribution in [2.24, 2.45) is 0 Å². The van der Waals surface area contributed by atoms with Crippen LogP contribution in [0.1, 0.15) is 71.4 Å². The van der Waals surface area contributed by atoms with E-state index < -0.39 is 28.1 Å². The number of hydrogen-bond acceptors (Lipinski definition) is 7. The Hall–Kier alpha value is -3.93. The summed E-state index contributed by atoms with van der Waals surface area (Å²) in [5.41, 5.74) is 2.64. The van der Waals surface area contributed by atoms with Crippen LogP contribution in [0, 0.1) is 0 Å². The monoisotopic (exact) mass is 664 g/mol. The number of nitrogens with one attached hydrogen (secondary N) is 2. The summed E-state index contributed by atoms with van der Waals surface area (Å²) in [6, 6.07) is 21.2. The van der Waals surface area contributed by atoms with Crippen molar-refractivity contribution in [3.63, 3.8) is 0 Å². The topological polar surface area (TPSA) is 128 Å². The number of rotatable bonds is 16. The summed E-state index contributed by atoms with van der Waals surface area (Å²) in [5.74, 6) is 0.00440. The van der Waals surface area contributed by atoms with E-state index in [4.69, 9.17) is 4.74 Å². The van der Waals surface area contributed by atoms with Gasteiger partial charge in [0.05, 0.1) is 30.7 Å². The van der Waals surface area contributed by atoms with Crippen molar-refractivity contribution in [3.05, 3.63) is 95.1 Å². The highest BCUT2D eigenvalue weighted by Gasteiger charge is 2.29. The number of carbonyl (C=O) groups is 2. The van der Waals surface area contributed by atoms with Crippen molar-refractivity contribution < 1.29 is 27.9 Å². The maximum atomic E-state index is 14.0. The Labute approximate surface area is 279 Å². The quantitative estimate of drug-likeness (QED) is 0.207. The summed E-state index contributed by atoms with van der Waals surface area (Å²) in [4.78, 5) is 29.4. The molecule has 47 heavy (non-hydrogen) atoms. The van der Waals surface area contributed by atoms with E-state index in [0.717, 1.165) is 29.7 Å². The molecule has 10 nitrogen and oxygen atoms in total. The molecule has 1 saturated heterocycles. The number of anilines is 1. The molecule has 3 aromatic carbocycles. The third kappa shape index (κ3) is 10.0. The number of nitrogens with zero attached hydrogens (tertiary/aromatic N) is 2. The highest BCUT2D eigenvalue weighted by atomic mass is 32.2. The molecule has 2 amide bonds. The van der Waals surface area contributed by atoms with Crippen molar-refractivity contribution >= 4 is 27.5 Å². The molecule has 0 aromatic heterocycles. The van der Waals surface area contributed by atoms with Gasteiger partial charge < -0.3 is 25.4 Å². The van der Waals surface area contributed by atoms with Crippen molar-refractivity contribution in [2.45, 2.75) is 64.6 Å². The fraction of sp³-hybridized carbons (Fsp3) is 0.444. The van der Waals surface area contributed by atoms with Crippen LogP contribution in [0.15, 0.2) is 72.8 Å². The third-order valence-electron chi connectivity index (χ3n) is 8.23. The minimum absolute atomic E-state index is 0.0125. The molecule has 1 aliphatic heterocycles. The number of aliphatic hydroxyl groups excluding tert-OH is 1. The lowest BCUT2D eigenvalue weighted by atomic mass is 9.99. The van der Waals surface area contributed by atoms with Crippen molar-refractivity contribution in [1.82, 2.24) is 15.5 Å². The zero-order valence-electron chi connectivity index (χ0n) is 27.7. The Bertz CT molecular complexity index is 1580. The molecule has 0 saturated carbocycles. The number of aliphatic hydroxyl groups is 1. The normalized spacial score (nSPS) is 15.4. The zero-order chi connectivity index (χ0) is 33.8. The van der Waals surface area contributed by atoms with E-state index in [1.54, 1.807) is 18.1 Å². The van der Waals surface area contributed by atoms with E-state index in [0.29, 0.717) is 44.6 Å². The fourth-order valence-corrected chi connectivity index (χ4v) is 7.44. The molecule has 11 heteroatoms. The molecular weight excluding hydrogens is 616 g/mol. The lowest BCUT2D eigenvalue weighted by Gasteiger charge is -2.30. The van der Waals surface area contributed by atoms with Gasteiger partial charge in [0, 0.05) is 43.9 Å². The molecule has 3 aromatic rings. The van der Waals surface area contributed by atoms with E-state index in [2.05, 4.69) is 10.6 Å². The smallest absolute Gasteiger partial charge is 0.253 e. The highest BCUT2D eigenvalue weighted by molar-refractivity contribution is 7.92. The van der Waals surface area contributed by atoms with Gasteiger partial charge in [-0.25, -0.2) is 8.42 Å². The number of benzene rings is 3. The maximum absolute atomic E-state index is 14.0. The first-order valence-electron chi connectivity index (χ1n) is 16.5. The number of carbonyl (C=O) groups excluding carboxylic acids is 2. The van der Waals surface area contributed by atoms with Crippen LogP contribution in [0.4, 0.5) is 5.69 Å². The van der Waals surface area contributed by atoms with Crippen LogP contribution in [-0.2, 0) is 23.0 Å². The van der Waals surface area contributed by atoms with Gasteiger partial charge in [0.1, 0.15) is 5.75 Å². The van der Waals surface area contributed by atoms with Crippen molar-refractivity contribution in [2.75, 3.05) is 43.3 Å². The van der Waals surface area contributed by atoms with E-state index in [1.807, 2.05) is 68.4 Å². The number of amides is 2. The fourth-order valence-electron chi connectivity index (χ4n) is 5.82. The minimum atomic E-state index is -3.60. The van der Waals surface area contributed by atoms with Crippen molar-refractivity contribution in [3.8, 4) is 5.75 Å². The maximum Gasteiger partial charge on any atom is 0.253 e. The van der Waals surface area contributed by atoms with Gasteiger partial charge in [0.15, 0.2) is 0 Å². The summed E-state index contributed by atoms with van der Waals surface area (Å²) in [6.45, 7) is 6.06. The van der Waals surface area contributed by atoms with Gasteiger partial charge in [-0.05, 0) is 73.6 Å². The van der Waals surface area contributed by atoms with Crippen LogP contribution in [-0.4, -0.2) is 81.4 Å². The molecule has 3 N–H and O–H groups in total. The van der Waals surface area contributed by atoms with Gasteiger partial charge in [-0.1, -0.05) is 56.3 Å². The summed E-state index contributed by atoms with van der Waals surface area (Å²) in [7, 11) is -1.99. The molecule has 0 bridgehead atoms. The van der Waals surface area contributed by atoms with Crippen LogP contribution >= 0.6 is 0 Å². The second-order valence-corrected chi connectivity index (χ2v) is 14.0. The van der Waals surface area contributed by atoms with Crippen LogP contribution in [0.2, 0.25) is 0 Å². The molecule has 0 unspecified atom stereocenters. The molecule has 2 atom stereocenters.